The van der Waals surface area contributed by atoms with Gasteiger partial charge in [0.1, 0.15) is 17.3 Å². The van der Waals surface area contributed by atoms with Crippen LogP contribution in [0, 0.1) is 12.7 Å². The van der Waals surface area contributed by atoms with Gasteiger partial charge >= 0.3 is 0 Å². The zero-order chi connectivity index (χ0) is 14.8. The third-order valence-electron chi connectivity index (χ3n) is 2.81. The summed E-state index contributed by atoms with van der Waals surface area (Å²) < 4.78 is 24.3. The smallest absolute Gasteiger partial charge is 0.247 e. The van der Waals surface area contributed by atoms with Crippen molar-refractivity contribution in [2.75, 3.05) is 5.73 Å². The van der Waals surface area contributed by atoms with Crippen LogP contribution in [0.3, 0.4) is 0 Å². The summed E-state index contributed by atoms with van der Waals surface area (Å²) in [6.07, 6.45) is 0. The van der Waals surface area contributed by atoms with Gasteiger partial charge in [-0.25, -0.2) is 4.39 Å². The molecule has 21 heavy (non-hydrogen) atoms. The molecule has 0 amide bonds. The van der Waals surface area contributed by atoms with E-state index in [9.17, 15) is 4.39 Å². The summed E-state index contributed by atoms with van der Waals surface area (Å²) in [6, 6.07) is 11.4. The fourth-order valence-corrected chi connectivity index (χ4v) is 1.81. The van der Waals surface area contributed by atoms with Crippen LogP contribution in [0.15, 0.2) is 46.9 Å². The maximum atomic E-state index is 13.4. The lowest BCUT2D eigenvalue weighted by molar-refractivity contribution is 0.476. The Balaban J connectivity index is 1.87. The summed E-state index contributed by atoms with van der Waals surface area (Å²) in [6.45, 7) is 1.72. The van der Waals surface area contributed by atoms with Crippen LogP contribution in [0.1, 0.15) is 5.89 Å². The Hall–Kier alpha value is -2.89. The Morgan fingerprint density at radius 1 is 1.10 bits per heavy atom. The van der Waals surface area contributed by atoms with Gasteiger partial charge in [-0.3, -0.25) is 0 Å². The lowest BCUT2D eigenvalue weighted by Gasteiger charge is -2.07. The second-order valence-corrected chi connectivity index (χ2v) is 4.44. The van der Waals surface area contributed by atoms with Crippen LogP contribution in [-0.4, -0.2) is 10.2 Å². The molecule has 106 valence electrons. The van der Waals surface area contributed by atoms with Crippen LogP contribution >= 0.6 is 0 Å². The van der Waals surface area contributed by atoms with E-state index in [2.05, 4.69) is 10.2 Å². The molecule has 0 aliphatic heterocycles. The van der Waals surface area contributed by atoms with Gasteiger partial charge in [-0.15, -0.1) is 10.2 Å². The van der Waals surface area contributed by atoms with Gasteiger partial charge in [0.25, 0.3) is 0 Å². The van der Waals surface area contributed by atoms with Crippen molar-refractivity contribution in [1.82, 2.24) is 10.2 Å². The first-order valence-corrected chi connectivity index (χ1v) is 6.25. The van der Waals surface area contributed by atoms with E-state index < -0.39 is 5.82 Å². The van der Waals surface area contributed by atoms with Gasteiger partial charge in [-0.2, -0.15) is 0 Å². The van der Waals surface area contributed by atoms with E-state index in [0.29, 0.717) is 23.3 Å². The van der Waals surface area contributed by atoms with Gasteiger partial charge in [0.05, 0.1) is 5.69 Å². The van der Waals surface area contributed by atoms with Crippen LogP contribution < -0.4 is 10.5 Å². The monoisotopic (exact) mass is 285 g/mol. The third-order valence-corrected chi connectivity index (χ3v) is 2.81. The standard InChI is InChI=1S/C15H12FN3O2/c1-9-18-19-15(20-9)10-3-2-4-11(7-10)21-12-5-6-14(17)13(16)8-12/h2-8H,17H2,1H3. The van der Waals surface area contributed by atoms with Crippen LogP contribution in [-0.2, 0) is 0 Å². The van der Waals surface area contributed by atoms with Crippen molar-refractivity contribution in [2.45, 2.75) is 6.92 Å². The molecule has 0 unspecified atom stereocenters. The third kappa shape index (κ3) is 2.84. The normalized spacial score (nSPS) is 10.6. The van der Waals surface area contributed by atoms with Crippen LogP contribution in [0.25, 0.3) is 11.5 Å². The molecule has 0 radical (unpaired) electrons. The minimum absolute atomic E-state index is 0.0810. The lowest BCUT2D eigenvalue weighted by atomic mass is 10.2. The Morgan fingerprint density at radius 3 is 2.62 bits per heavy atom. The number of nitrogen functional groups attached to an aromatic ring is 1. The lowest BCUT2D eigenvalue weighted by Crippen LogP contribution is -1.91. The average molecular weight is 285 g/mol. The topological polar surface area (TPSA) is 74.2 Å². The summed E-state index contributed by atoms with van der Waals surface area (Å²) >= 11 is 0. The van der Waals surface area contributed by atoms with Crippen molar-refractivity contribution in [3.8, 4) is 23.0 Å². The Labute approximate surface area is 120 Å². The van der Waals surface area contributed by atoms with Crippen molar-refractivity contribution in [1.29, 1.82) is 0 Å². The van der Waals surface area contributed by atoms with Crippen molar-refractivity contribution in [3.05, 3.63) is 54.2 Å². The molecule has 1 aromatic heterocycles. The van der Waals surface area contributed by atoms with E-state index in [1.165, 1.54) is 12.1 Å². The number of nitrogens with two attached hydrogens (primary N) is 1. The van der Waals surface area contributed by atoms with Gasteiger partial charge < -0.3 is 14.9 Å². The zero-order valence-electron chi connectivity index (χ0n) is 11.2. The van der Waals surface area contributed by atoms with E-state index in [1.807, 2.05) is 6.07 Å². The van der Waals surface area contributed by atoms with E-state index in [-0.39, 0.29) is 5.69 Å². The molecular formula is C15H12FN3O2. The highest BCUT2D eigenvalue weighted by molar-refractivity contribution is 5.56. The summed E-state index contributed by atoms with van der Waals surface area (Å²) in [4.78, 5) is 0. The number of hydrogen-bond acceptors (Lipinski definition) is 5. The summed E-state index contributed by atoms with van der Waals surface area (Å²) in [5, 5.41) is 7.72. The molecule has 6 heteroatoms. The van der Waals surface area contributed by atoms with Gasteiger partial charge in [0, 0.05) is 18.6 Å². The number of benzene rings is 2. The quantitative estimate of drug-likeness (QED) is 0.745. The summed E-state index contributed by atoms with van der Waals surface area (Å²) in [5.41, 5.74) is 6.23. The highest BCUT2D eigenvalue weighted by Gasteiger charge is 2.08. The van der Waals surface area contributed by atoms with E-state index in [1.54, 1.807) is 31.2 Å². The first kappa shape index (κ1) is 13.1. The van der Waals surface area contributed by atoms with Gasteiger partial charge in [-0.05, 0) is 30.3 Å². The van der Waals surface area contributed by atoms with Crippen molar-refractivity contribution < 1.29 is 13.5 Å². The number of nitrogens with zero attached hydrogens (tertiary/aromatic N) is 2. The summed E-state index contributed by atoms with van der Waals surface area (Å²) in [7, 11) is 0. The predicted molar refractivity (Wildman–Crippen MR) is 75.4 cm³/mol. The molecule has 0 atom stereocenters. The zero-order valence-corrected chi connectivity index (χ0v) is 11.2. The second kappa shape index (κ2) is 5.24. The molecule has 1 heterocycles. The number of aryl methyl sites for hydroxylation is 1. The highest BCUT2D eigenvalue weighted by atomic mass is 19.1. The van der Waals surface area contributed by atoms with Crippen molar-refractivity contribution >= 4 is 5.69 Å². The molecule has 0 aliphatic rings. The van der Waals surface area contributed by atoms with Crippen molar-refractivity contribution in [3.63, 3.8) is 0 Å². The maximum Gasteiger partial charge on any atom is 0.247 e. The Bertz CT molecular complexity index is 786. The molecule has 0 bridgehead atoms. The number of anilines is 1. The molecule has 3 rings (SSSR count). The van der Waals surface area contributed by atoms with Crippen LogP contribution in [0.4, 0.5) is 10.1 Å². The first-order valence-electron chi connectivity index (χ1n) is 6.25. The molecule has 0 saturated carbocycles. The molecule has 5 nitrogen and oxygen atoms in total. The number of aromatic nitrogens is 2. The number of rotatable bonds is 3. The summed E-state index contributed by atoms with van der Waals surface area (Å²) in [5.74, 6) is 1.27. The maximum absolute atomic E-state index is 13.4. The largest absolute Gasteiger partial charge is 0.457 e. The van der Waals surface area contributed by atoms with Crippen LogP contribution in [0.5, 0.6) is 11.5 Å². The molecule has 0 fully saturated rings. The second-order valence-electron chi connectivity index (χ2n) is 4.44. The van der Waals surface area contributed by atoms with Gasteiger partial charge in [-0.1, -0.05) is 6.07 Å². The average Bonchev–Trinajstić information content (AvgIpc) is 2.90. The van der Waals surface area contributed by atoms with Crippen LogP contribution in [0.2, 0.25) is 0 Å². The first-order chi connectivity index (χ1) is 10.1. The minimum Gasteiger partial charge on any atom is -0.457 e. The SMILES string of the molecule is Cc1nnc(-c2cccc(Oc3ccc(N)c(F)c3)c2)o1. The molecular weight excluding hydrogens is 273 g/mol. The van der Waals surface area contributed by atoms with Gasteiger partial charge in [0.2, 0.25) is 11.8 Å². The Kier molecular flexibility index (Phi) is 3.27. The molecule has 2 N–H and O–H groups in total. The molecule has 0 aliphatic carbocycles. The molecule has 3 aromatic rings. The highest BCUT2D eigenvalue weighted by Crippen LogP contribution is 2.28. The Morgan fingerprint density at radius 2 is 1.90 bits per heavy atom. The van der Waals surface area contributed by atoms with E-state index in [0.717, 1.165) is 5.56 Å². The minimum atomic E-state index is -0.517. The molecule has 0 spiro atoms. The number of halogens is 1. The van der Waals surface area contributed by atoms with Crippen molar-refractivity contribution in [2.24, 2.45) is 0 Å². The molecule has 0 saturated heterocycles. The van der Waals surface area contributed by atoms with Gasteiger partial charge in [0.15, 0.2) is 0 Å². The molecule has 2 aromatic carbocycles. The predicted octanol–water partition coefficient (Wildman–Crippen LogP) is 3.56. The van der Waals surface area contributed by atoms with E-state index in [4.69, 9.17) is 14.9 Å². The number of ether oxygens (including phenoxy) is 1. The van der Waals surface area contributed by atoms with E-state index >= 15 is 0 Å². The number of hydrogen-bond donors (Lipinski definition) is 1. The fourth-order valence-electron chi connectivity index (χ4n) is 1.81. The fraction of sp³-hybridized carbons (Fsp3) is 0.0667.